The fraction of sp³-hybridized carbons (Fsp3) is 0.650. The van der Waals surface area contributed by atoms with E-state index in [9.17, 15) is 4.79 Å². The fourth-order valence-electron chi connectivity index (χ4n) is 3.51. The van der Waals surface area contributed by atoms with Gasteiger partial charge in [-0.25, -0.2) is 4.79 Å². The summed E-state index contributed by atoms with van der Waals surface area (Å²) in [5.74, 6) is 1.98. The van der Waals surface area contributed by atoms with Crippen LogP contribution >= 0.6 is 0 Å². The van der Waals surface area contributed by atoms with Gasteiger partial charge in [-0.2, -0.15) is 0 Å². The second-order valence-corrected chi connectivity index (χ2v) is 8.69. The maximum atomic E-state index is 12.2. The topological polar surface area (TPSA) is 69.0 Å². The summed E-state index contributed by atoms with van der Waals surface area (Å²) in [5.41, 5.74) is 1.62. The minimum atomic E-state index is -0.448. The van der Waals surface area contributed by atoms with Gasteiger partial charge in [-0.1, -0.05) is 0 Å². The molecule has 0 atom stereocenters. The molecule has 27 heavy (non-hydrogen) atoms. The number of hydrogen-bond acceptors (Lipinski definition) is 5. The Morgan fingerprint density at radius 3 is 2.63 bits per heavy atom. The van der Waals surface area contributed by atoms with Gasteiger partial charge in [-0.3, -0.25) is 4.40 Å². The number of carbonyl (C=O) groups is 1. The Hall–Kier alpha value is -2.31. The minimum absolute atomic E-state index is 0.213. The molecule has 7 nitrogen and oxygen atoms in total. The molecule has 146 valence electrons. The van der Waals surface area contributed by atoms with Crippen LogP contribution in [0.2, 0.25) is 0 Å². The lowest BCUT2D eigenvalue weighted by atomic mass is 9.98. The van der Waals surface area contributed by atoms with E-state index in [2.05, 4.69) is 16.4 Å². The smallest absolute Gasteiger partial charge is 0.410 e. The zero-order chi connectivity index (χ0) is 19.0. The third kappa shape index (κ3) is 4.34. The highest BCUT2D eigenvalue weighted by Gasteiger charge is 2.30. The van der Waals surface area contributed by atoms with Gasteiger partial charge in [-0.05, 0) is 58.3 Å². The molecular formula is C20H28N4O3. The highest BCUT2D eigenvalue weighted by atomic mass is 16.6. The van der Waals surface area contributed by atoms with Crippen LogP contribution < -0.4 is 4.74 Å². The van der Waals surface area contributed by atoms with Crippen LogP contribution in [0.5, 0.6) is 5.75 Å². The van der Waals surface area contributed by atoms with Crippen molar-refractivity contribution in [3.8, 4) is 5.75 Å². The van der Waals surface area contributed by atoms with Gasteiger partial charge >= 0.3 is 6.09 Å². The van der Waals surface area contributed by atoms with E-state index in [-0.39, 0.29) is 6.09 Å². The molecule has 1 amide bonds. The summed E-state index contributed by atoms with van der Waals surface area (Å²) >= 11 is 0. The maximum Gasteiger partial charge on any atom is 0.410 e. The van der Waals surface area contributed by atoms with E-state index in [1.54, 1.807) is 11.2 Å². The van der Waals surface area contributed by atoms with E-state index >= 15 is 0 Å². The summed E-state index contributed by atoms with van der Waals surface area (Å²) in [6.45, 7) is 7.81. The highest BCUT2D eigenvalue weighted by Crippen LogP contribution is 2.44. The van der Waals surface area contributed by atoms with E-state index in [1.165, 1.54) is 18.4 Å². The summed E-state index contributed by atoms with van der Waals surface area (Å²) in [5, 5.41) is 8.10. The number of rotatable bonds is 4. The van der Waals surface area contributed by atoms with E-state index < -0.39 is 5.60 Å². The summed E-state index contributed by atoms with van der Waals surface area (Å²) in [6, 6.07) is 2.00. The summed E-state index contributed by atoms with van der Waals surface area (Å²) in [4.78, 5) is 14.0. The number of amides is 1. The molecule has 0 unspecified atom stereocenters. The van der Waals surface area contributed by atoms with Crippen molar-refractivity contribution in [2.24, 2.45) is 5.92 Å². The Labute approximate surface area is 159 Å². The van der Waals surface area contributed by atoms with Crippen LogP contribution in [-0.2, 0) is 4.74 Å². The van der Waals surface area contributed by atoms with Crippen molar-refractivity contribution >= 4 is 11.7 Å². The molecule has 1 aliphatic carbocycles. The third-order valence-electron chi connectivity index (χ3n) is 5.18. The molecule has 4 rings (SSSR count). The number of piperidine rings is 1. The number of carbonyl (C=O) groups excluding carboxylic acids is 1. The summed E-state index contributed by atoms with van der Waals surface area (Å²) < 4.78 is 13.6. The van der Waals surface area contributed by atoms with Crippen molar-refractivity contribution in [1.82, 2.24) is 19.5 Å². The molecule has 0 bridgehead atoms. The van der Waals surface area contributed by atoms with Gasteiger partial charge in [-0.15, -0.1) is 10.2 Å². The normalized spacial score (nSPS) is 18.7. The molecule has 1 saturated heterocycles. The van der Waals surface area contributed by atoms with Gasteiger partial charge in [0.15, 0.2) is 5.65 Å². The summed E-state index contributed by atoms with van der Waals surface area (Å²) in [6.07, 6.45) is 7.94. The first kappa shape index (κ1) is 18.1. The van der Waals surface area contributed by atoms with Crippen LogP contribution in [0.15, 0.2) is 18.6 Å². The van der Waals surface area contributed by atoms with Crippen LogP contribution in [0.4, 0.5) is 4.79 Å². The lowest BCUT2D eigenvalue weighted by Crippen LogP contribution is -2.42. The predicted octanol–water partition coefficient (Wildman–Crippen LogP) is 3.63. The van der Waals surface area contributed by atoms with Crippen LogP contribution in [0, 0.1) is 5.92 Å². The van der Waals surface area contributed by atoms with Crippen molar-refractivity contribution in [2.75, 3.05) is 19.7 Å². The molecule has 0 aromatic carbocycles. The number of aromatic nitrogens is 3. The number of pyridine rings is 1. The molecule has 0 radical (unpaired) electrons. The molecular weight excluding hydrogens is 344 g/mol. The fourth-order valence-corrected chi connectivity index (χ4v) is 3.51. The second-order valence-electron chi connectivity index (χ2n) is 8.69. The number of ether oxygens (including phenoxy) is 2. The van der Waals surface area contributed by atoms with Gasteiger partial charge < -0.3 is 14.4 Å². The van der Waals surface area contributed by atoms with Crippen LogP contribution in [0.25, 0.3) is 5.65 Å². The number of nitrogens with zero attached hydrogens (tertiary/aromatic N) is 4. The average Bonchev–Trinajstić information content (AvgIpc) is 3.36. The Balaban J connectivity index is 1.33. The van der Waals surface area contributed by atoms with E-state index in [0.29, 0.717) is 18.4 Å². The van der Waals surface area contributed by atoms with E-state index in [4.69, 9.17) is 9.47 Å². The Bertz CT molecular complexity index is 814. The second kappa shape index (κ2) is 7.02. The minimum Gasteiger partial charge on any atom is -0.493 e. The largest absolute Gasteiger partial charge is 0.493 e. The Morgan fingerprint density at radius 2 is 1.96 bits per heavy atom. The van der Waals surface area contributed by atoms with Gasteiger partial charge in [0.1, 0.15) is 17.7 Å². The predicted molar refractivity (Wildman–Crippen MR) is 101 cm³/mol. The third-order valence-corrected chi connectivity index (χ3v) is 5.18. The van der Waals surface area contributed by atoms with Crippen molar-refractivity contribution < 1.29 is 14.3 Å². The monoisotopic (exact) mass is 372 g/mol. The van der Waals surface area contributed by atoms with Gasteiger partial charge in [0, 0.05) is 30.9 Å². The lowest BCUT2D eigenvalue weighted by Gasteiger charge is -2.33. The molecule has 2 aliphatic rings. The zero-order valence-corrected chi connectivity index (χ0v) is 16.4. The Kier molecular flexibility index (Phi) is 4.70. The summed E-state index contributed by atoms with van der Waals surface area (Å²) in [7, 11) is 0. The van der Waals surface area contributed by atoms with Crippen molar-refractivity contribution in [3.05, 3.63) is 24.2 Å². The number of fused-ring (bicyclic) bond motifs is 1. The van der Waals surface area contributed by atoms with Crippen LogP contribution in [-0.4, -0.2) is 50.9 Å². The number of likely N-dealkylation sites (tertiary alicyclic amines) is 1. The SMILES string of the molecule is CC(C)(C)OC(=O)N1CCC(COc2cc3nncn3cc2C2CC2)CC1. The van der Waals surface area contributed by atoms with E-state index in [1.807, 2.05) is 31.2 Å². The van der Waals surface area contributed by atoms with Gasteiger partial charge in [0.25, 0.3) is 0 Å². The van der Waals surface area contributed by atoms with Gasteiger partial charge in [0.2, 0.25) is 0 Å². The molecule has 1 aliphatic heterocycles. The molecule has 3 heterocycles. The highest BCUT2D eigenvalue weighted by molar-refractivity contribution is 5.68. The first-order valence-corrected chi connectivity index (χ1v) is 9.83. The molecule has 2 fully saturated rings. The first-order chi connectivity index (χ1) is 12.9. The molecule has 0 spiro atoms. The number of hydrogen-bond donors (Lipinski definition) is 0. The average molecular weight is 372 g/mol. The molecule has 0 N–H and O–H groups in total. The van der Waals surface area contributed by atoms with Gasteiger partial charge in [0.05, 0.1) is 6.61 Å². The van der Waals surface area contributed by atoms with Crippen molar-refractivity contribution in [2.45, 2.75) is 58.0 Å². The van der Waals surface area contributed by atoms with E-state index in [0.717, 1.165) is 37.3 Å². The zero-order valence-electron chi connectivity index (χ0n) is 16.4. The van der Waals surface area contributed by atoms with Crippen molar-refractivity contribution in [1.29, 1.82) is 0 Å². The van der Waals surface area contributed by atoms with Crippen LogP contribution in [0.1, 0.15) is 57.9 Å². The molecule has 2 aromatic rings. The molecule has 2 aromatic heterocycles. The maximum absolute atomic E-state index is 12.2. The first-order valence-electron chi connectivity index (χ1n) is 9.83. The molecule has 7 heteroatoms. The lowest BCUT2D eigenvalue weighted by molar-refractivity contribution is 0.0164. The molecule has 1 saturated carbocycles. The quantitative estimate of drug-likeness (QED) is 0.820. The van der Waals surface area contributed by atoms with Crippen LogP contribution in [0.3, 0.4) is 0 Å². The Morgan fingerprint density at radius 1 is 1.22 bits per heavy atom. The standard InChI is InChI=1S/C20H28N4O3/c1-20(2,3)27-19(25)23-8-6-14(7-9-23)12-26-17-10-18-22-21-13-24(18)11-16(17)15-4-5-15/h10-11,13-15H,4-9,12H2,1-3H3. The van der Waals surface area contributed by atoms with Crippen molar-refractivity contribution in [3.63, 3.8) is 0 Å².